The fourth-order valence-corrected chi connectivity index (χ4v) is 1.55. The number of halogens is 2. The number of alkyl halides is 2. The van der Waals surface area contributed by atoms with E-state index in [-0.39, 0.29) is 0 Å². The minimum absolute atomic E-state index is 0.572. The van der Waals surface area contributed by atoms with Crippen molar-refractivity contribution in [1.82, 2.24) is 4.90 Å². The molecular weight excluding hydrogens is 236 g/mol. The summed E-state index contributed by atoms with van der Waals surface area (Å²) in [4.78, 5) is 22.9. The zero-order valence-electron chi connectivity index (χ0n) is 9.81. The van der Waals surface area contributed by atoms with Crippen molar-refractivity contribution < 1.29 is 28.2 Å². The second-order valence-electron chi connectivity index (χ2n) is 4.88. The van der Waals surface area contributed by atoms with Gasteiger partial charge in [-0.1, -0.05) is 0 Å². The van der Waals surface area contributed by atoms with Crippen LogP contribution in [0.5, 0.6) is 0 Å². The molecule has 1 aliphatic rings. The first-order chi connectivity index (χ1) is 7.63. The van der Waals surface area contributed by atoms with Gasteiger partial charge in [0.1, 0.15) is 5.60 Å². The fourth-order valence-electron chi connectivity index (χ4n) is 1.55. The number of hydrogen-bond donors (Lipinski definition) is 1. The van der Waals surface area contributed by atoms with Crippen LogP contribution in [0.2, 0.25) is 0 Å². The standard InChI is InChI=1S/C10H15F2NO4/c1-10(2,3)17-9(16)13-4-5(11)6(12)7(13)8(14)15/h5-7H,4H2,1-3H3,(H,14,15). The number of ether oxygens (including phenoxy) is 1. The Morgan fingerprint density at radius 3 is 2.29 bits per heavy atom. The Labute approximate surface area is 97.3 Å². The summed E-state index contributed by atoms with van der Waals surface area (Å²) in [5.74, 6) is -1.58. The van der Waals surface area contributed by atoms with Gasteiger partial charge in [0.05, 0.1) is 6.54 Å². The molecule has 1 N–H and O–H groups in total. The van der Waals surface area contributed by atoms with E-state index in [0.29, 0.717) is 4.90 Å². The molecule has 1 fully saturated rings. The lowest BCUT2D eigenvalue weighted by Gasteiger charge is -2.26. The molecule has 3 unspecified atom stereocenters. The highest BCUT2D eigenvalue weighted by Gasteiger charge is 2.50. The summed E-state index contributed by atoms with van der Waals surface area (Å²) < 4.78 is 31.2. The van der Waals surface area contributed by atoms with E-state index >= 15 is 0 Å². The minimum atomic E-state index is -2.22. The Balaban J connectivity index is 2.82. The summed E-state index contributed by atoms with van der Waals surface area (Å²) in [5, 5.41) is 8.76. The van der Waals surface area contributed by atoms with Crippen LogP contribution in [0.15, 0.2) is 0 Å². The Hall–Kier alpha value is -1.40. The molecule has 1 saturated heterocycles. The molecule has 7 heteroatoms. The van der Waals surface area contributed by atoms with Crippen molar-refractivity contribution in [3.05, 3.63) is 0 Å². The number of rotatable bonds is 1. The van der Waals surface area contributed by atoms with Crippen LogP contribution in [0.3, 0.4) is 0 Å². The molecule has 5 nitrogen and oxygen atoms in total. The topological polar surface area (TPSA) is 66.8 Å². The van der Waals surface area contributed by atoms with Crippen LogP contribution in [-0.4, -0.2) is 52.6 Å². The molecule has 98 valence electrons. The summed E-state index contributed by atoms with van der Waals surface area (Å²) in [7, 11) is 0. The lowest BCUT2D eigenvalue weighted by molar-refractivity contribution is -0.143. The van der Waals surface area contributed by atoms with Gasteiger partial charge in [-0.25, -0.2) is 18.4 Å². The highest BCUT2D eigenvalue weighted by Crippen LogP contribution is 2.26. The molecule has 0 aliphatic carbocycles. The molecule has 17 heavy (non-hydrogen) atoms. The van der Waals surface area contributed by atoms with Gasteiger partial charge in [0, 0.05) is 0 Å². The van der Waals surface area contributed by atoms with Gasteiger partial charge in [-0.05, 0) is 20.8 Å². The molecule has 1 rings (SSSR count). The van der Waals surface area contributed by atoms with Crippen LogP contribution in [0.25, 0.3) is 0 Å². The van der Waals surface area contributed by atoms with Crippen molar-refractivity contribution in [3.8, 4) is 0 Å². The van der Waals surface area contributed by atoms with Crippen LogP contribution in [-0.2, 0) is 9.53 Å². The number of carboxylic acids is 1. The van der Waals surface area contributed by atoms with E-state index < -0.39 is 42.6 Å². The normalized spacial score (nSPS) is 29.2. The molecule has 1 heterocycles. The van der Waals surface area contributed by atoms with E-state index in [9.17, 15) is 18.4 Å². The van der Waals surface area contributed by atoms with E-state index in [1.165, 1.54) is 0 Å². The summed E-state index contributed by atoms with van der Waals surface area (Å²) in [6, 6.07) is -1.82. The van der Waals surface area contributed by atoms with Gasteiger partial charge in [-0.2, -0.15) is 0 Å². The predicted molar refractivity (Wildman–Crippen MR) is 54.2 cm³/mol. The fraction of sp³-hybridized carbons (Fsp3) is 0.800. The van der Waals surface area contributed by atoms with Crippen LogP contribution in [0, 0.1) is 0 Å². The average Bonchev–Trinajstić information content (AvgIpc) is 2.40. The highest BCUT2D eigenvalue weighted by atomic mass is 19.2. The first-order valence-corrected chi connectivity index (χ1v) is 5.14. The molecule has 0 saturated carbocycles. The number of amides is 1. The minimum Gasteiger partial charge on any atom is -0.480 e. The number of carboxylic acid groups (broad SMARTS) is 1. The van der Waals surface area contributed by atoms with Crippen LogP contribution in [0.4, 0.5) is 13.6 Å². The Kier molecular flexibility index (Phi) is 3.59. The van der Waals surface area contributed by atoms with Crippen molar-refractivity contribution in [3.63, 3.8) is 0 Å². The molecular formula is C10H15F2NO4. The number of nitrogens with zero attached hydrogens (tertiary/aromatic N) is 1. The van der Waals surface area contributed by atoms with E-state index in [4.69, 9.17) is 9.84 Å². The Bertz CT molecular complexity index is 329. The van der Waals surface area contributed by atoms with E-state index in [2.05, 4.69) is 0 Å². The third-order valence-corrected chi connectivity index (χ3v) is 2.24. The lowest BCUT2D eigenvalue weighted by atomic mass is 10.2. The van der Waals surface area contributed by atoms with Gasteiger partial charge >= 0.3 is 12.1 Å². The van der Waals surface area contributed by atoms with Crippen LogP contribution in [0.1, 0.15) is 20.8 Å². The van der Waals surface area contributed by atoms with Gasteiger partial charge in [0.2, 0.25) is 0 Å². The molecule has 1 aliphatic heterocycles. The second kappa shape index (κ2) is 4.46. The molecule has 1 amide bonds. The maximum Gasteiger partial charge on any atom is 0.411 e. The number of carbonyl (C=O) groups excluding carboxylic acids is 1. The molecule has 0 radical (unpaired) electrons. The van der Waals surface area contributed by atoms with Crippen molar-refractivity contribution in [2.24, 2.45) is 0 Å². The molecule has 0 aromatic rings. The summed E-state index contributed by atoms with van der Waals surface area (Å²) in [6.07, 6.45) is -5.24. The maximum absolute atomic E-state index is 13.3. The van der Waals surface area contributed by atoms with Crippen molar-refractivity contribution in [2.75, 3.05) is 6.54 Å². The van der Waals surface area contributed by atoms with Crippen molar-refractivity contribution >= 4 is 12.1 Å². The number of likely N-dealkylation sites (tertiary alicyclic amines) is 1. The number of carbonyl (C=O) groups is 2. The first-order valence-electron chi connectivity index (χ1n) is 5.14. The maximum atomic E-state index is 13.3. The highest BCUT2D eigenvalue weighted by molar-refractivity contribution is 5.82. The summed E-state index contributed by atoms with van der Waals surface area (Å²) in [5.41, 5.74) is -0.847. The average molecular weight is 251 g/mol. The monoisotopic (exact) mass is 251 g/mol. The zero-order valence-corrected chi connectivity index (χ0v) is 9.81. The smallest absolute Gasteiger partial charge is 0.411 e. The number of hydrogen-bond acceptors (Lipinski definition) is 3. The molecule has 3 atom stereocenters. The third kappa shape index (κ3) is 3.04. The Morgan fingerprint density at radius 1 is 1.35 bits per heavy atom. The third-order valence-electron chi connectivity index (χ3n) is 2.24. The van der Waals surface area contributed by atoms with Gasteiger partial charge in [0.15, 0.2) is 18.4 Å². The lowest BCUT2D eigenvalue weighted by Crippen LogP contribution is -2.46. The van der Waals surface area contributed by atoms with Crippen LogP contribution >= 0.6 is 0 Å². The molecule has 0 aromatic heterocycles. The van der Waals surface area contributed by atoms with Gasteiger partial charge in [-0.15, -0.1) is 0 Å². The van der Waals surface area contributed by atoms with Crippen LogP contribution < -0.4 is 0 Å². The largest absolute Gasteiger partial charge is 0.480 e. The summed E-state index contributed by atoms with van der Waals surface area (Å²) >= 11 is 0. The second-order valence-corrected chi connectivity index (χ2v) is 4.88. The quantitative estimate of drug-likeness (QED) is 0.764. The van der Waals surface area contributed by atoms with E-state index in [0.717, 1.165) is 0 Å². The summed E-state index contributed by atoms with van der Waals surface area (Å²) in [6.45, 7) is 4.14. The Morgan fingerprint density at radius 2 is 1.88 bits per heavy atom. The first kappa shape index (κ1) is 13.7. The SMILES string of the molecule is CC(C)(C)OC(=O)N1CC(F)C(F)C1C(=O)O. The van der Waals surface area contributed by atoms with E-state index in [1.807, 2.05) is 0 Å². The van der Waals surface area contributed by atoms with Crippen molar-refractivity contribution in [1.29, 1.82) is 0 Å². The number of aliphatic carboxylic acids is 1. The van der Waals surface area contributed by atoms with Crippen molar-refractivity contribution in [2.45, 2.75) is 44.8 Å². The molecule has 0 bridgehead atoms. The molecule has 0 spiro atoms. The zero-order chi connectivity index (χ0) is 13.4. The van der Waals surface area contributed by atoms with Gasteiger partial charge < -0.3 is 9.84 Å². The molecule has 0 aromatic carbocycles. The predicted octanol–water partition coefficient (Wildman–Crippen LogP) is 1.37. The van der Waals surface area contributed by atoms with Gasteiger partial charge in [0.25, 0.3) is 0 Å². The van der Waals surface area contributed by atoms with E-state index in [1.54, 1.807) is 20.8 Å². The van der Waals surface area contributed by atoms with Gasteiger partial charge in [-0.3, -0.25) is 4.90 Å².